The molecule has 0 saturated carbocycles. The maximum atomic E-state index is 13.0. The quantitative estimate of drug-likeness (QED) is 0.685. The molecule has 160 valence electrons. The molecule has 2 aromatic carbocycles. The Kier molecular flexibility index (Phi) is 6.57. The molecule has 0 saturated heterocycles. The fourth-order valence-corrected chi connectivity index (χ4v) is 5.44. The molecule has 2 amide bonds. The molecule has 1 aliphatic rings. The number of anilines is 2. The average molecular weight is 447 g/mol. The lowest BCUT2D eigenvalue weighted by atomic mass is 10.0. The van der Waals surface area contributed by atoms with E-state index in [0.29, 0.717) is 17.3 Å². The number of hydrogen-bond donors (Lipinski definition) is 2. The van der Waals surface area contributed by atoms with Crippen molar-refractivity contribution in [3.05, 3.63) is 48.0 Å². The van der Waals surface area contributed by atoms with Crippen molar-refractivity contribution in [1.29, 1.82) is 0 Å². The second kappa shape index (κ2) is 8.81. The molecule has 2 aromatic rings. The summed E-state index contributed by atoms with van der Waals surface area (Å²) < 4.78 is 25.9. The maximum absolute atomic E-state index is 13.0. The van der Waals surface area contributed by atoms with Gasteiger partial charge in [-0.2, -0.15) is 0 Å². The monoisotopic (exact) mass is 446 g/mol. The van der Waals surface area contributed by atoms with E-state index >= 15 is 0 Å². The van der Waals surface area contributed by atoms with Gasteiger partial charge in [0.1, 0.15) is 0 Å². The predicted octanol–water partition coefficient (Wildman–Crippen LogP) is 4.43. The number of rotatable bonds is 6. The molecule has 0 aromatic heterocycles. The van der Waals surface area contributed by atoms with Crippen LogP contribution in [0.4, 0.5) is 11.4 Å². The number of carbonyl (C=O) groups excluding carboxylic acids is 2. The highest BCUT2D eigenvalue weighted by molar-refractivity contribution is 8.01. The number of benzene rings is 2. The summed E-state index contributed by atoms with van der Waals surface area (Å²) in [4.78, 5) is 25.2. The van der Waals surface area contributed by atoms with Gasteiger partial charge in [0.15, 0.2) is 9.84 Å². The first-order valence-electron chi connectivity index (χ1n) is 9.83. The van der Waals surface area contributed by atoms with Gasteiger partial charge in [0.25, 0.3) is 0 Å². The van der Waals surface area contributed by atoms with Crippen LogP contribution in [0.1, 0.15) is 45.6 Å². The largest absolute Gasteiger partial charge is 0.326 e. The van der Waals surface area contributed by atoms with Crippen molar-refractivity contribution in [3.8, 4) is 0 Å². The molecule has 3 rings (SSSR count). The van der Waals surface area contributed by atoms with Crippen LogP contribution in [0, 0.1) is 0 Å². The van der Waals surface area contributed by atoms with Crippen molar-refractivity contribution in [2.75, 3.05) is 10.6 Å². The smallest absolute Gasteiger partial charge is 0.237 e. The number of thioether (sulfide) groups is 1. The van der Waals surface area contributed by atoms with Gasteiger partial charge in [0.2, 0.25) is 11.8 Å². The topological polar surface area (TPSA) is 92.3 Å². The van der Waals surface area contributed by atoms with Crippen LogP contribution in [-0.2, 0) is 19.4 Å². The molecular weight excluding hydrogens is 420 g/mol. The summed E-state index contributed by atoms with van der Waals surface area (Å²) in [5.74, 6) is -0.125. The molecule has 0 aliphatic carbocycles. The van der Waals surface area contributed by atoms with Crippen LogP contribution in [-0.4, -0.2) is 30.7 Å². The third-order valence-electron chi connectivity index (χ3n) is 5.07. The first kappa shape index (κ1) is 22.4. The van der Waals surface area contributed by atoms with Crippen molar-refractivity contribution in [2.45, 2.75) is 60.3 Å². The highest BCUT2D eigenvalue weighted by Crippen LogP contribution is 2.37. The number of fused-ring (bicyclic) bond motifs is 1. The van der Waals surface area contributed by atoms with Crippen LogP contribution in [0.3, 0.4) is 0 Å². The normalized spacial score (nSPS) is 17.2. The molecule has 0 unspecified atom stereocenters. The van der Waals surface area contributed by atoms with Crippen LogP contribution >= 0.6 is 11.8 Å². The first-order chi connectivity index (χ1) is 14.1. The van der Waals surface area contributed by atoms with Gasteiger partial charge in [-0.25, -0.2) is 8.42 Å². The van der Waals surface area contributed by atoms with E-state index in [1.165, 1.54) is 30.8 Å². The van der Waals surface area contributed by atoms with Gasteiger partial charge in [-0.3, -0.25) is 9.59 Å². The van der Waals surface area contributed by atoms with Crippen LogP contribution in [0.5, 0.6) is 0 Å². The van der Waals surface area contributed by atoms with E-state index in [4.69, 9.17) is 0 Å². The van der Waals surface area contributed by atoms with Crippen molar-refractivity contribution in [3.63, 3.8) is 0 Å². The Morgan fingerprint density at radius 1 is 1.13 bits per heavy atom. The van der Waals surface area contributed by atoms with Crippen molar-refractivity contribution in [2.24, 2.45) is 0 Å². The zero-order valence-corrected chi connectivity index (χ0v) is 19.1. The zero-order valence-electron chi connectivity index (χ0n) is 17.4. The standard InChI is InChI=1S/C22H26N2O4S2/c1-13(2)16-5-7-17(8-6-16)23-21(25)11-14(3)30(27,28)18-9-10-20-19(12-18)24-22(26)15(4)29-20/h5-10,12-15H,11H2,1-4H3,(H,23,25)(H,24,26)/t14-,15+/m0/s1. The Morgan fingerprint density at radius 2 is 1.80 bits per heavy atom. The summed E-state index contributed by atoms with van der Waals surface area (Å²) >= 11 is 1.39. The fraction of sp³-hybridized carbons (Fsp3) is 0.364. The third kappa shape index (κ3) is 4.87. The summed E-state index contributed by atoms with van der Waals surface area (Å²) in [6.45, 7) is 7.49. The molecule has 0 spiro atoms. The lowest BCUT2D eigenvalue weighted by Gasteiger charge is -2.22. The molecule has 0 radical (unpaired) electrons. The molecule has 2 N–H and O–H groups in total. The molecule has 0 fully saturated rings. The van der Waals surface area contributed by atoms with E-state index in [1.807, 2.05) is 24.3 Å². The summed E-state index contributed by atoms with van der Waals surface area (Å²) in [5.41, 5.74) is 2.29. The van der Waals surface area contributed by atoms with Gasteiger partial charge >= 0.3 is 0 Å². The van der Waals surface area contributed by atoms with Gasteiger partial charge in [0, 0.05) is 17.0 Å². The minimum atomic E-state index is -3.73. The fourth-order valence-electron chi connectivity index (χ4n) is 3.13. The van der Waals surface area contributed by atoms with E-state index in [0.717, 1.165) is 10.5 Å². The summed E-state index contributed by atoms with van der Waals surface area (Å²) in [6.07, 6.45) is -0.163. The highest BCUT2D eigenvalue weighted by Gasteiger charge is 2.29. The average Bonchev–Trinajstić information content (AvgIpc) is 2.68. The number of amides is 2. The highest BCUT2D eigenvalue weighted by atomic mass is 32.2. The number of sulfone groups is 1. The molecule has 1 aliphatic heterocycles. The van der Waals surface area contributed by atoms with Gasteiger partial charge in [0.05, 0.1) is 21.1 Å². The van der Waals surface area contributed by atoms with Crippen molar-refractivity contribution < 1.29 is 18.0 Å². The first-order valence-corrected chi connectivity index (χ1v) is 12.3. The molecule has 6 nitrogen and oxygen atoms in total. The lowest BCUT2D eigenvalue weighted by molar-refractivity contribution is -0.116. The molecule has 0 bridgehead atoms. The Labute approximate surface area is 181 Å². The van der Waals surface area contributed by atoms with Crippen LogP contribution in [0.2, 0.25) is 0 Å². The predicted molar refractivity (Wildman–Crippen MR) is 121 cm³/mol. The molecule has 2 atom stereocenters. The van der Waals surface area contributed by atoms with Gasteiger partial charge in [-0.05, 0) is 55.7 Å². The number of nitrogens with one attached hydrogen (secondary N) is 2. The second-order valence-corrected chi connectivity index (χ2v) is 11.5. The molecule has 30 heavy (non-hydrogen) atoms. The maximum Gasteiger partial charge on any atom is 0.237 e. The number of carbonyl (C=O) groups is 2. The minimum Gasteiger partial charge on any atom is -0.326 e. The summed E-state index contributed by atoms with van der Waals surface area (Å²) in [7, 11) is -3.73. The lowest BCUT2D eigenvalue weighted by Crippen LogP contribution is -2.27. The molecule has 1 heterocycles. The van der Waals surface area contributed by atoms with E-state index in [2.05, 4.69) is 24.5 Å². The van der Waals surface area contributed by atoms with Gasteiger partial charge in [-0.15, -0.1) is 11.8 Å². The van der Waals surface area contributed by atoms with Gasteiger partial charge < -0.3 is 10.6 Å². The number of hydrogen-bond acceptors (Lipinski definition) is 5. The van der Waals surface area contributed by atoms with Crippen LogP contribution < -0.4 is 10.6 Å². The Bertz CT molecular complexity index is 1060. The van der Waals surface area contributed by atoms with E-state index < -0.39 is 15.1 Å². The van der Waals surface area contributed by atoms with E-state index in [1.54, 1.807) is 13.0 Å². The Morgan fingerprint density at radius 3 is 2.43 bits per heavy atom. The van der Waals surface area contributed by atoms with Crippen LogP contribution in [0.15, 0.2) is 52.3 Å². The minimum absolute atomic E-state index is 0.0956. The summed E-state index contributed by atoms with van der Waals surface area (Å²) in [5, 5.41) is 4.37. The second-order valence-electron chi connectivity index (χ2n) is 7.79. The Balaban J connectivity index is 1.69. The van der Waals surface area contributed by atoms with E-state index in [-0.39, 0.29) is 28.4 Å². The van der Waals surface area contributed by atoms with Gasteiger partial charge in [-0.1, -0.05) is 26.0 Å². The Hall–Kier alpha value is -2.32. The van der Waals surface area contributed by atoms with Crippen molar-refractivity contribution in [1.82, 2.24) is 0 Å². The van der Waals surface area contributed by atoms with Crippen molar-refractivity contribution >= 4 is 44.8 Å². The molecule has 8 heteroatoms. The summed E-state index contributed by atoms with van der Waals surface area (Å²) in [6, 6.07) is 12.2. The molecular formula is C22H26N2O4S2. The van der Waals surface area contributed by atoms with E-state index in [9.17, 15) is 18.0 Å². The SMILES string of the molecule is CC(C)c1ccc(NC(=O)C[C@H](C)S(=O)(=O)c2ccc3c(c2)NC(=O)[C@@H](C)S3)cc1. The van der Waals surface area contributed by atoms with Crippen LogP contribution in [0.25, 0.3) is 0 Å². The third-order valence-corrected chi connectivity index (χ3v) is 8.39. The zero-order chi connectivity index (χ0) is 22.1.